The number of carbonyl (C=O) groups excluding carboxylic acids is 3. The average molecular weight is 383 g/mol. The number of para-hydroxylation sites is 1. The molecule has 6 heteroatoms. The van der Waals surface area contributed by atoms with Crippen LogP contribution in [0.4, 0.5) is 5.69 Å². The van der Waals surface area contributed by atoms with Gasteiger partial charge >= 0.3 is 5.97 Å². The Kier molecular flexibility index (Phi) is 5.65. The van der Waals surface area contributed by atoms with Crippen molar-refractivity contribution in [3.63, 3.8) is 0 Å². The van der Waals surface area contributed by atoms with Crippen LogP contribution in [-0.2, 0) is 14.3 Å². The van der Waals surface area contributed by atoms with Gasteiger partial charge in [-0.3, -0.25) is 14.4 Å². The highest BCUT2D eigenvalue weighted by Crippen LogP contribution is 2.36. The number of aryl methyl sites for hydroxylation is 2. The number of hydrogen-bond acceptors (Lipinski definition) is 5. The van der Waals surface area contributed by atoms with Crippen LogP contribution in [0.1, 0.15) is 34.8 Å². The topological polar surface area (TPSA) is 72.5 Å². The number of benzene rings is 2. The van der Waals surface area contributed by atoms with Crippen molar-refractivity contribution < 1.29 is 19.1 Å². The van der Waals surface area contributed by atoms with E-state index in [0.29, 0.717) is 5.56 Å². The second-order valence-corrected chi connectivity index (χ2v) is 7.84. The lowest BCUT2D eigenvalue weighted by atomic mass is 10.0. The van der Waals surface area contributed by atoms with E-state index in [1.165, 1.54) is 11.8 Å². The minimum atomic E-state index is -0.899. The van der Waals surface area contributed by atoms with Gasteiger partial charge in [-0.1, -0.05) is 24.3 Å². The molecule has 0 saturated carbocycles. The van der Waals surface area contributed by atoms with Gasteiger partial charge in [-0.05, 0) is 50.1 Å². The Balaban J connectivity index is 1.61. The Hall–Kier alpha value is -2.60. The van der Waals surface area contributed by atoms with Gasteiger partial charge in [0.2, 0.25) is 11.7 Å². The number of thioether (sulfide) groups is 1. The zero-order chi connectivity index (χ0) is 19.6. The molecule has 2 aromatic carbocycles. The highest BCUT2D eigenvalue weighted by Gasteiger charge is 2.30. The monoisotopic (exact) mass is 383 g/mol. The first-order chi connectivity index (χ1) is 12.8. The SMILES string of the molecule is Cc1ccc(C(=O)C(C)OC(=O)CC2Sc3ccccc3NC2=O)cc1C. The maximum atomic E-state index is 12.5. The predicted octanol–water partition coefficient (Wildman–Crippen LogP) is 3.92. The van der Waals surface area contributed by atoms with Crippen LogP contribution in [0.3, 0.4) is 0 Å². The summed E-state index contributed by atoms with van der Waals surface area (Å²) in [6.07, 6.45) is -0.987. The van der Waals surface area contributed by atoms with Crippen LogP contribution in [-0.4, -0.2) is 29.0 Å². The van der Waals surface area contributed by atoms with Crippen LogP contribution in [0.25, 0.3) is 0 Å². The van der Waals surface area contributed by atoms with E-state index < -0.39 is 17.3 Å². The molecule has 140 valence electrons. The van der Waals surface area contributed by atoms with Crippen LogP contribution in [0.5, 0.6) is 0 Å². The molecule has 2 aromatic rings. The molecule has 2 unspecified atom stereocenters. The maximum Gasteiger partial charge on any atom is 0.308 e. The average Bonchev–Trinajstić information content (AvgIpc) is 2.64. The summed E-state index contributed by atoms with van der Waals surface area (Å²) in [6.45, 7) is 5.45. The molecule has 0 fully saturated rings. The molecule has 1 heterocycles. The third kappa shape index (κ3) is 4.39. The van der Waals surface area contributed by atoms with Gasteiger partial charge in [-0.15, -0.1) is 11.8 Å². The minimum Gasteiger partial charge on any atom is -0.454 e. The maximum absolute atomic E-state index is 12.5. The van der Waals surface area contributed by atoms with Gasteiger partial charge in [0, 0.05) is 10.5 Å². The zero-order valence-electron chi connectivity index (χ0n) is 15.4. The summed E-state index contributed by atoms with van der Waals surface area (Å²) in [4.78, 5) is 37.9. The number of nitrogens with one attached hydrogen (secondary N) is 1. The fourth-order valence-electron chi connectivity index (χ4n) is 2.81. The van der Waals surface area contributed by atoms with E-state index in [2.05, 4.69) is 5.32 Å². The Bertz CT molecular complexity index is 909. The standard InChI is InChI=1S/C21H21NO4S/c1-12-8-9-15(10-13(12)2)20(24)14(3)26-19(23)11-18-21(25)22-16-6-4-5-7-17(16)27-18/h4-10,14,18H,11H2,1-3H3,(H,22,25). The van der Waals surface area contributed by atoms with Crippen LogP contribution in [0.15, 0.2) is 47.4 Å². The van der Waals surface area contributed by atoms with Crippen molar-refractivity contribution in [3.8, 4) is 0 Å². The number of carbonyl (C=O) groups is 3. The van der Waals surface area contributed by atoms with Crippen LogP contribution >= 0.6 is 11.8 Å². The summed E-state index contributed by atoms with van der Waals surface area (Å²) < 4.78 is 5.29. The van der Waals surface area contributed by atoms with E-state index in [9.17, 15) is 14.4 Å². The number of esters is 1. The van der Waals surface area contributed by atoms with Crippen molar-refractivity contribution in [2.24, 2.45) is 0 Å². The Morgan fingerprint density at radius 2 is 1.89 bits per heavy atom. The Morgan fingerprint density at radius 1 is 1.15 bits per heavy atom. The van der Waals surface area contributed by atoms with Gasteiger partial charge < -0.3 is 10.1 Å². The molecule has 1 amide bonds. The van der Waals surface area contributed by atoms with Crippen molar-refractivity contribution in [3.05, 3.63) is 59.2 Å². The van der Waals surface area contributed by atoms with Gasteiger partial charge in [0.05, 0.1) is 17.4 Å². The van der Waals surface area contributed by atoms with Gasteiger partial charge in [-0.2, -0.15) is 0 Å². The molecule has 0 aromatic heterocycles. The first kappa shape index (κ1) is 19.2. The van der Waals surface area contributed by atoms with Crippen molar-refractivity contribution in [1.29, 1.82) is 0 Å². The fourth-order valence-corrected chi connectivity index (χ4v) is 3.90. The third-order valence-corrected chi connectivity index (χ3v) is 5.80. The number of hydrogen-bond donors (Lipinski definition) is 1. The predicted molar refractivity (Wildman–Crippen MR) is 105 cm³/mol. The molecular weight excluding hydrogens is 362 g/mol. The van der Waals surface area contributed by atoms with E-state index in [1.807, 2.05) is 44.2 Å². The smallest absolute Gasteiger partial charge is 0.308 e. The summed E-state index contributed by atoms with van der Waals surface area (Å²) in [6, 6.07) is 12.8. The Morgan fingerprint density at radius 3 is 2.63 bits per heavy atom. The largest absolute Gasteiger partial charge is 0.454 e. The second kappa shape index (κ2) is 7.96. The van der Waals surface area contributed by atoms with Crippen molar-refractivity contribution in [2.45, 2.75) is 43.4 Å². The summed E-state index contributed by atoms with van der Waals surface area (Å²) in [7, 11) is 0. The molecular formula is C21H21NO4S. The van der Waals surface area contributed by atoms with Gasteiger partial charge in [0.15, 0.2) is 6.10 Å². The molecule has 2 atom stereocenters. The molecule has 1 N–H and O–H groups in total. The molecule has 0 bridgehead atoms. The van der Waals surface area contributed by atoms with Crippen molar-refractivity contribution in [2.75, 3.05) is 5.32 Å². The molecule has 0 radical (unpaired) electrons. The molecule has 0 saturated heterocycles. The Labute approximate surface area is 162 Å². The molecule has 0 spiro atoms. The number of ether oxygens (including phenoxy) is 1. The first-order valence-electron chi connectivity index (χ1n) is 8.72. The van der Waals surface area contributed by atoms with E-state index in [-0.39, 0.29) is 18.1 Å². The lowest BCUT2D eigenvalue weighted by Gasteiger charge is -2.23. The lowest BCUT2D eigenvalue weighted by Crippen LogP contribution is -2.33. The number of ketones is 1. The molecule has 3 rings (SSSR count). The van der Waals surface area contributed by atoms with Gasteiger partial charge in [-0.25, -0.2) is 0 Å². The molecule has 1 aliphatic heterocycles. The van der Waals surface area contributed by atoms with E-state index in [4.69, 9.17) is 4.74 Å². The summed E-state index contributed by atoms with van der Waals surface area (Å²) in [5, 5.41) is 2.22. The van der Waals surface area contributed by atoms with Crippen LogP contribution < -0.4 is 5.32 Å². The minimum absolute atomic E-state index is 0.0879. The summed E-state index contributed by atoms with van der Waals surface area (Å²) >= 11 is 1.33. The first-order valence-corrected chi connectivity index (χ1v) is 9.60. The molecule has 1 aliphatic rings. The summed E-state index contributed by atoms with van der Waals surface area (Å²) in [5.41, 5.74) is 3.36. The van der Waals surface area contributed by atoms with E-state index in [0.717, 1.165) is 21.7 Å². The summed E-state index contributed by atoms with van der Waals surface area (Å²) in [5.74, 6) is -1.05. The zero-order valence-corrected chi connectivity index (χ0v) is 16.3. The van der Waals surface area contributed by atoms with E-state index >= 15 is 0 Å². The number of Topliss-reactive ketones (excluding diaryl/α,β-unsaturated/α-hetero) is 1. The fraction of sp³-hybridized carbons (Fsp3) is 0.286. The molecule has 27 heavy (non-hydrogen) atoms. The third-order valence-electron chi connectivity index (χ3n) is 4.53. The number of amides is 1. The van der Waals surface area contributed by atoms with E-state index in [1.54, 1.807) is 19.1 Å². The normalized spacial score (nSPS) is 16.9. The van der Waals surface area contributed by atoms with Crippen LogP contribution in [0.2, 0.25) is 0 Å². The van der Waals surface area contributed by atoms with Gasteiger partial charge in [0.25, 0.3) is 0 Å². The highest BCUT2D eigenvalue weighted by atomic mass is 32.2. The quantitative estimate of drug-likeness (QED) is 0.626. The number of fused-ring (bicyclic) bond motifs is 1. The number of rotatable bonds is 5. The van der Waals surface area contributed by atoms with Crippen molar-refractivity contribution >= 4 is 35.1 Å². The van der Waals surface area contributed by atoms with Crippen molar-refractivity contribution in [1.82, 2.24) is 0 Å². The second-order valence-electron chi connectivity index (χ2n) is 6.59. The van der Waals surface area contributed by atoms with Gasteiger partial charge in [0.1, 0.15) is 0 Å². The van der Waals surface area contributed by atoms with Crippen LogP contribution in [0, 0.1) is 13.8 Å². The number of anilines is 1. The molecule has 5 nitrogen and oxygen atoms in total. The molecule has 0 aliphatic carbocycles. The lowest BCUT2D eigenvalue weighted by molar-refractivity contribution is -0.147. The highest BCUT2D eigenvalue weighted by molar-refractivity contribution is 8.01.